The molecule has 4 rings (SSSR count). The van der Waals surface area contributed by atoms with Crippen molar-refractivity contribution < 1.29 is 22.7 Å². The summed E-state index contributed by atoms with van der Waals surface area (Å²) < 4.78 is 35.3. The minimum atomic E-state index is -3.76. The first-order valence-corrected chi connectivity index (χ1v) is 13.2. The molecule has 3 aromatic carbocycles. The lowest BCUT2D eigenvalue weighted by Crippen LogP contribution is -2.40. The second-order valence-electron chi connectivity index (χ2n) is 9.57. The van der Waals surface area contributed by atoms with Crippen LogP contribution in [0.1, 0.15) is 41.7 Å². The second kappa shape index (κ2) is 10.6. The number of nitrogens with one attached hydrogen (secondary N) is 2. The van der Waals surface area contributed by atoms with Gasteiger partial charge in [-0.3, -0.25) is 9.59 Å². The number of anilines is 1. The Balaban J connectivity index is 1.60. The van der Waals surface area contributed by atoms with Gasteiger partial charge in [0.15, 0.2) is 6.29 Å². The van der Waals surface area contributed by atoms with Crippen LogP contribution >= 0.6 is 0 Å². The Morgan fingerprint density at radius 2 is 1.63 bits per heavy atom. The van der Waals surface area contributed by atoms with Crippen molar-refractivity contribution in [3.63, 3.8) is 0 Å². The van der Waals surface area contributed by atoms with Crippen LogP contribution in [0.25, 0.3) is 16.8 Å². The van der Waals surface area contributed by atoms with E-state index in [0.717, 1.165) is 0 Å². The van der Waals surface area contributed by atoms with E-state index in [2.05, 4.69) is 15.1 Å². The standard InChI is InChI=1S/C28H28N4O5S/c1-28(2,3)31-38(35,36)26-8-6-5-7-24(26)19-9-11-20(12-10-19)29-27(34)25-17-21(18-33)30-32(25)22-13-15-23(37-4)16-14-22/h5-18,31H,1-4H3,(H,29,34). The van der Waals surface area contributed by atoms with E-state index in [4.69, 9.17) is 4.74 Å². The minimum Gasteiger partial charge on any atom is -0.497 e. The number of hydrogen-bond acceptors (Lipinski definition) is 6. The average Bonchev–Trinajstić information content (AvgIpc) is 3.33. The Hall–Kier alpha value is -4.28. The van der Waals surface area contributed by atoms with Gasteiger partial charge in [0.2, 0.25) is 10.0 Å². The molecular formula is C28H28N4O5S. The number of aromatic nitrogens is 2. The van der Waals surface area contributed by atoms with Gasteiger partial charge in [0.1, 0.15) is 17.1 Å². The summed E-state index contributed by atoms with van der Waals surface area (Å²) in [4.78, 5) is 24.7. The number of methoxy groups -OCH3 is 1. The highest BCUT2D eigenvalue weighted by Gasteiger charge is 2.25. The number of hydrogen-bond donors (Lipinski definition) is 2. The van der Waals surface area contributed by atoms with Crippen molar-refractivity contribution in [3.8, 4) is 22.6 Å². The van der Waals surface area contributed by atoms with E-state index < -0.39 is 21.5 Å². The van der Waals surface area contributed by atoms with Crippen LogP contribution in [-0.2, 0) is 10.0 Å². The predicted molar refractivity (Wildman–Crippen MR) is 145 cm³/mol. The third-order valence-corrected chi connectivity index (χ3v) is 7.29. The van der Waals surface area contributed by atoms with Gasteiger partial charge in [-0.05, 0) is 68.8 Å². The zero-order chi connectivity index (χ0) is 27.5. The Morgan fingerprint density at radius 3 is 2.24 bits per heavy atom. The molecule has 1 aromatic heterocycles. The van der Waals surface area contributed by atoms with Crippen molar-refractivity contribution in [2.75, 3.05) is 12.4 Å². The summed E-state index contributed by atoms with van der Waals surface area (Å²) in [5.74, 6) is 0.178. The lowest BCUT2D eigenvalue weighted by molar-refractivity contribution is 0.101. The topological polar surface area (TPSA) is 119 Å². The molecule has 0 unspecified atom stereocenters. The molecule has 0 saturated carbocycles. The summed E-state index contributed by atoms with van der Waals surface area (Å²) in [6.07, 6.45) is 0.575. The molecule has 0 fully saturated rings. The molecule has 9 nitrogen and oxygen atoms in total. The lowest BCUT2D eigenvalue weighted by Gasteiger charge is -2.21. The van der Waals surface area contributed by atoms with Crippen molar-refractivity contribution in [2.24, 2.45) is 0 Å². The van der Waals surface area contributed by atoms with Crippen molar-refractivity contribution >= 4 is 27.9 Å². The van der Waals surface area contributed by atoms with Crippen LogP contribution in [0.2, 0.25) is 0 Å². The number of aldehydes is 1. The lowest BCUT2D eigenvalue weighted by atomic mass is 10.1. The van der Waals surface area contributed by atoms with Crippen LogP contribution < -0.4 is 14.8 Å². The van der Waals surface area contributed by atoms with E-state index in [0.29, 0.717) is 34.5 Å². The van der Waals surface area contributed by atoms with Gasteiger partial charge in [-0.25, -0.2) is 17.8 Å². The van der Waals surface area contributed by atoms with Crippen LogP contribution in [0.15, 0.2) is 83.8 Å². The number of ether oxygens (including phenoxy) is 1. The van der Waals surface area contributed by atoms with E-state index in [1.165, 1.54) is 10.7 Å². The molecule has 1 heterocycles. The first kappa shape index (κ1) is 26.8. The molecule has 0 radical (unpaired) electrons. The van der Waals surface area contributed by atoms with E-state index in [9.17, 15) is 18.0 Å². The van der Waals surface area contributed by atoms with E-state index in [1.54, 1.807) is 101 Å². The maximum Gasteiger partial charge on any atom is 0.274 e. The normalized spacial score (nSPS) is 11.7. The molecule has 38 heavy (non-hydrogen) atoms. The van der Waals surface area contributed by atoms with Crippen molar-refractivity contribution in [1.29, 1.82) is 0 Å². The molecule has 10 heteroatoms. The quantitative estimate of drug-likeness (QED) is 0.318. The van der Waals surface area contributed by atoms with Gasteiger partial charge >= 0.3 is 0 Å². The molecule has 4 aromatic rings. The van der Waals surface area contributed by atoms with Gasteiger partial charge in [-0.15, -0.1) is 0 Å². The molecule has 0 atom stereocenters. The predicted octanol–water partition coefficient (Wildman–Crippen LogP) is 4.69. The molecule has 0 aliphatic rings. The Kier molecular flexibility index (Phi) is 7.47. The van der Waals surface area contributed by atoms with E-state index >= 15 is 0 Å². The Bertz CT molecular complexity index is 1570. The summed E-state index contributed by atoms with van der Waals surface area (Å²) in [7, 11) is -2.21. The van der Waals surface area contributed by atoms with Gasteiger partial charge in [-0.2, -0.15) is 5.10 Å². The maximum absolute atomic E-state index is 13.1. The zero-order valence-corrected chi connectivity index (χ0v) is 22.2. The number of benzene rings is 3. The zero-order valence-electron chi connectivity index (χ0n) is 21.4. The van der Waals surface area contributed by atoms with Crippen LogP contribution in [0.4, 0.5) is 5.69 Å². The first-order chi connectivity index (χ1) is 18.0. The summed E-state index contributed by atoms with van der Waals surface area (Å²) >= 11 is 0. The number of rotatable bonds is 8. The largest absolute Gasteiger partial charge is 0.497 e. The van der Waals surface area contributed by atoms with E-state index in [-0.39, 0.29) is 16.3 Å². The number of amides is 1. The molecule has 0 saturated heterocycles. The summed E-state index contributed by atoms with van der Waals surface area (Å²) in [5.41, 5.74) is 1.93. The van der Waals surface area contributed by atoms with Gasteiger partial charge in [0.25, 0.3) is 5.91 Å². The third kappa shape index (κ3) is 5.99. The summed E-state index contributed by atoms with van der Waals surface area (Å²) in [5, 5.41) is 7.02. The number of nitrogens with zero attached hydrogens (tertiary/aromatic N) is 2. The molecule has 0 spiro atoms. The maximum atomic E-state index is 13.1. The van der Waals surface area contributed by atoms with Gasteiger partial charge in [0.05, 0.1) is 17.7 Å². The molecule has 1 amide bonds. The highest BCUT2D eigenvalue weighted by atomic mass is 32.2. The minimum absolute atomic E-state index is 0.114. The number of sulfonamides is 1. The summed E-state index contributed by atoms with van der Waals surface area (Å²) in [6, 6.07) is 21.9. The first-order valence-electron chi connectivity index (χ1n) is 11.8. The Labute approximate surface area is 221 Å². The van der Waals surface area contributed by atoms with E-state index in [1.807, 2.05) is 0 Å². The van der Waals surface area contributed by atoms with Gasteiger partial charge < -0.3 is 10.1 Å². The smallest absolute Gasteiger partial charge is 0.274 e. The highest BCUT2D eigenvalue weighted by Crippen LogP contribution is 2.29. The SMILES string of the molecule is COc1ccc(-n2nc(C=O)cc2C(=O)Nc2ccc(-c3ccccc3S(=O)(=O)NC(C)(C)C)cc2)cc1. The van der Waals surface area contributed by atoms with Crippen LogP contribution in [0, 0.1) is 0 Å². The molecular weight excluding hydrogens is 504 g/mol. The fraction of sp³-hybridized carbons (Fsp3) is 0.179. The molecule has 0 aliphatic carbocycles. The highest BCUT2D eigenvalue weighted by molar-refractivity contribution is 7.89. The molecule has 196 valence electrons. The van der Waals surface area contributed by atoms with Crippen molar-refractivity contribution in [1.82, 2.24) is 14.5 Å². The van der Waals surface area contributed by atoms with Crippen LogP contribution in [0.3, 0.4) is 0 Å². The van der Waals surface area contributed by atoms with Crippen LogP contribution in [-0.4, -0.2) is 43.0 Å². The fourth-order valence-corrected chi connectivity index (χ4v) is 5.51. The Morgan fingerprint density at radius 1 is 0.974 bits per heavy atom. The second-order valence-corrected chi connectivity index (χ2v) is 11.2. The van der Waals surface area contributed by atoms with Crippen LogP contribution in [0.5, 0.6) is 5.75 Å². The number of carbonyl (C=O) groups excluding carboxylic acids is 2. The average molecular weight is 533 g/mol. The monoisotopic (exact) mass is 532 g/mol. The van der Waals surface area contributed by atoms with Gasteiger partial charge in [0, 0.05) is 22.9 Å². The van der Waals surface area contributed by atoms with Crippen molar-refractivity contribution in [3.05, 3.63) is 90.3 Å². The summed E-state index contributed by atoms with van der Waals surface area (Å²) in [6.45, 7) is 5.34. The third-order valence-electron chi connectivity index (χ3n) is 5.47. The molecule has 2 N–H and O–H groups in total. The molecule has 0 bridgehead atoms. The number of carbonyl (C=O) groups is 2. The molecule has 0 aliphatic heterocycles. The fourth-order valence-electron chi connectivity index (χ4n) is 3.86. The van der Waals surface area contributed by atoms with Crippen molar-refractivity contribution in [2.45, 2.75) is 31.2 Å². The van der Waals surface area contributed by atoms with Gasteiger partial charge in [-0.1, -0.05) is 30.3 Å².